The van der Waals surface area contributed by atoms with E-state index in [2.05, 4.69) is 0 Å². The molecule has 9 nitrogen and oxygen atoms in total. The van der Waals surface area contributed by atoms with Gasteiger partial charge in [-0.2, -0.15) is 0 Å². The van der Waals surface area contributed by atoms with Crippen molar-refractivity contribution in [3.63, 3.8) is 0 Å². The average molecular weight is 546 g/mol. The highest BCUT2D eigenvalue weighted by Crippen LogP contribution is 2.41. The Bertz CT molecular complexity index is 1690. The van der Waals surface area contributed by atoms with Crippen molar-refractivity contribution in [2.45, 2.75) is 17.8 Å². The van der Waals surface area contributed by atoms with Gasteiger partial charge in [-0.3, -0.25) is 9.36 Å². The smallest absolute Gasteiger partial charge is 0.266 e. The molecular weight excluding hydrogens is 518 g/mol. The zero-order chi connectivity index (χ0) is 27.5. The molecule has 0 unspecified atom stereocenters. The van der Waals surface area contributed by atoms with Crippen molar-refractivity contribution >= 4 is 22.7 Å². The Morgan fingerprint density at radius 1 is 0.872 bits per heavy atom. The first kappa shape index (κ1) is 26.2. The summed E-state index contributed by atoms with van der Waals surface area (Å²) in [6.07, 6.45) is 0. The molecule has 5 aromatic rings. The first-order valence-corrected chi connectivity index (χ1v) is 13.0. The fourth-order valence-corrected chi connectivity index (χ4v) is 5.22. The molecule has 3 aromatic carbocycles. The van der Waals surface area contributed by atoms with Crippen LogP contribution in [0.3, 0.4) is 0 Å². The van der Waals surface area contributed by atoms with E-state index in [0.29, 0.717) is 67.7 Å². The lowest BCUT2D eigenvalue weighted by Gasteiger charge is -2.13. The molecule has 0 fully saturated rings. The lowest BCUT2D eigenvalue weighted by Crippen LogP contribution is -2.21. The van der Waals surface area contributed by atoms with Crippen LogP contribution in [0.2, 0.25) is 0 Å². The normalized spacial score (nSPS) is 11.0. The Balaban J connectivity index is 1.53. The van der Waals surface area contributed by atoms with Gasteiger partial charge in [-0.05, 0) is 43.3 Å². The molecule has 39 heavy (non-hydrogen) atoms. The van der Waals surface area contributed by atoms with Crippen molar-refractivity contribution in [2.24, 2.45) is 0 Å². The van der Waals surface area contributed by atoms with Crippen LogP contribution in [-0.2, 0) is 5.75 Å². The van der Waals surface area contributed by atoms with Gasteiger partial charge in [-0.25, -0.2) is 9.97 Å². The number of hydrogen-bond acceptors (Lipinski definition) is 9. The molecule has 0 saturated heterocycles. The van der Waals surface area contributed by atoms with Gasteiger partial charge in [0, 0.05) is 17.4 Å². The van der Waals surface area contributed by atoms with E-state index in [1.165, 1.54) is 11.8 Å². The lowest BCUT2D eigenvalue weighted by molar-refractivity contribution is 0.324. The predicted octanol–water partition coefficient (Wildman–Crippen LogP) is 5.68. The Kier molecular flexibility index (Phi) is 7.47. The van der Waals surface area contributed by atoms with Gasteiger partial charge in [-0.15, -0.1) is 0 Å². The number of thioether (sulfide) groups is 1. The predicted molar refractivity (Wildman–Crippen MR) is 150 cm³/mol. The van der Waals surface area contributed by atoms with Crippen molar-refractivity contribution in [1.82, 2.24) is 14.5 Å². The molecule has 200 valence electrons. The van der Waals surface area contributed by atoms with Crippen LogP contribution < -0.4 is 24.5 Å². The minimum atomic E-state index is -0.161. The second kappa shape index (κ2) is 11.1. The first-order valence-electron chi connectivity index (χ1n) is 12.0. The number of nitrogens with zero attached hydrogens (tertiary/aromatic N) is 3. The van der Waals surface area contributed by atoms with Crippen LogP contribution in [0.1, 0.15) is 11.5 Å². The quantitative estimate of drug-likeness (QED) is 0.171. The SMILES string of the molecule is COc1cccc(-n2c(SCc3nc(-c4cc(OC)c(OC)c(OC)c4)oc3C)nc3ccccc3c2=O)c1. The minimum Gasteiger partial charge on any atom is -0.497 e. The van der Waals surface area contributed by atoms with Crippen molar-refractivity contribution < 1.29 is 23.4 Å². The van der Waals surface area contributed by atoms with Crippen LogP contribution in [-0.4, -0.2) is 43.0 Å². The summed E-state index contributed by atoms with van der Waals surface area (Å²) in [6.45, 7) is 1.85. The van der Waals surface area contributed by atoms with E-state index in [9.17, 15) is 4.79 Å². The zero-order valence-electron chi connectivity index (χ0n) is 22.2. The van der Waals surface area contributed by atoms with E-state index in [1.54, 1.807) is 51.2 Å². The number of oxazole rings is 1. The molecule has 10 heteroatoms. The monoisotopic (exact) mass is 545 g/mol. The van der Waals surface area contributed by atoms with E-state index in [1.807, 2.05) is 49.4 Å². The molecule has 0 bridgehead atoms. The van der Waals surface area contributed by atoms with Crippen LogP contribution in [0.4, 0.5) is 0 Å². The third-order valence-corrected chi connectivity index (χ3v) is 7.15. The molecule has 0 N–H and O–H groups in total. The molecule has 0 amide bonds. The van der Waals surface area contributed by atoms with Gasteiger partial charge in [0.25, 0.3) is 5.56 Å². The Hall–Kier alpha value is -4.44. The summed E-state index contributed by atoms with van der Waals surface area (Å²) in [4.78, 5) is 23.2. The van der Waals surface area contributed by atoms with Gasteiger partial charge in [0.1, 0.15) is 11.5 Å². The first-order chi connectivity index (χ1) is 19.0. The fraction of sp³-hybridized carbons (Fsp3) is 0.207. The number of hydrogen-bond donors (Lipinski definition) is 0. The average Bonchev–Trinajstić information content (AvgIpc) is 3.35. The minimum absolute atomic E-state index is 0.161. The van der Waals surface area contributed by atoms with E-state index >= 15 is 0 Å². The fourth-order valence-electron chi connectivity index (χ4n) is 4.21. The topological polar surface area (TPSA) is 97.8 Å². The maximum absolute atomic E-state index is 13.6. The number of para-hydroxylation sites is 1. The highest BCUT2D eigenvalue weighted by Gasteiger charge is 2.20. The summed E-state index contributed by atoms with van der Waals surface area (Å²) < 4.78 is 29.4. The van der Waals surface area contributed by atoms with Crippen LogP contribution in [0.15, 0.2) is 75.0 Å². The summed E-state index contributed by atoms with van der Waals surface area (Å²) >= 11 is 1.40. The second-order valence-electron chi connectivity index (χ2n) is 8.48. The second-order valence-corrected chi connectivity index (χ2v) is 9.42. The van der Waals surface area contributed by atoms with Crippen LogP contribution in [0, 0.1) is 6.92 Å². The number of aromatic nitrogens is 3. The zero-order valence-corrected chi connectivity index (χ0v) is 23.0. The van der Waals surface area contributed by atoms with E-state index in [4.69, 9.17) is 33.3 Å². The highest BCUT2D eigenvalue weighted by atomic mass is 32.2. The van der Waals surface area contributed by atoms with Gasteiger partial charge in [0.15, 0.2) is 16.7 Å². The van der Waals surface area contributed by atoms with Crippen LogP contribution in [0.25, 0.3) is 28.0 Å². The number of fused-ring (bicyclic) bond motifs is 1. The van der Waals surface area contributed by atoms with Crippen molar-refractivity contribution in [1.29, 1.82) is 0 Å². The highest BCUT2D eigenvalue weighted by molar-refractivity contribution is 7.98. The molecule has 0 radical (unpaired) electrons. The molecule has 0 aliphatic rings. The van der Waals surface area contributed by atoms with Gasteiger partial charge < -0.3 is 23.4 Å². The molecule has 0 saturated carbocycles. The summed E-state index contributed by atoms with van der Waals surface area (Å²) in [7, 11) is 6.26. The summed E-state index contributed by atoms with van der Waals surface area (Å²) in [5.74, 6) is 3.63. The molecular formula is C29H27N3O6S. The third-order valence-electron chi connectivity index (χ3n) is 6.20. The molecule has 0 atom stereocenters. The molecule has 0 aliphatic heterocycles. The van der Waals surface area contributed by atoms with Crippen molar-refractivity contribution in [3.05, 3.63) is 82.5 Å². The largest absolute Gasteiger partial charge is 0.497 e. The summed E-state index contributed by atoms with van der Waals surface area (Å²) in [6, 6.07) is 18.2. The van der Waals surface area contributed by atoms with Gasteiger partial charge in [-0.1, -0.05) is 30.0 Å². The summed E-state index contributed by atoms with van der Waals surface area (Å²) in [5, 5.41) is 1.07. The third kappa shape index (κ3) is 5.03. The Morgan fingerprint density at radius 3 is 2.31 bits per heavy atom. The molecule has 0 spiro atoms. The number of benzene rings is 3. The van der Waals surface area contributed by atoms with E-state index in [-0.39, 0.29) is 5.56 Å². The van der Waals surface area contributed by atoms with Crippen LogP contribution in [0.5, 0.6) is 23.0 Å². The van der Waals surface area contributed by atoms with Crippen molar-refractivity contribution in [2.75, 3.05) is 28.4 Å². The Labute approximate surface area is 229 Å². The van der Waals surface area contributed by atoms with Gasteiger partial charge in [0.2, 0.25) is 11.6 Å². The summed E-state index contributed by atoms with van der Waals surface area (Å²) in [5.41, 5.74) is 2.53. The molecule has 5 rings (SSSR count). The standard InChI is InChI=1S/C29H27N3O6S/c1-17-23(30-27(38-17)18-13-24(35-3)26(37-5)25(14-18)36-4)16-39-29-31-22-12-7-6-11-21(22)28(33)32(29)19-9-8-10-20(15-19)34-2/h6-15H,16H2,1-5H3. The number of rotatable bonds is 9. The molecule has 2 aromatic heterocycles. The van der Waals surface area contributed by atoms with E-state index < -0.39 is 0 Å². The van der Waals surface area contributed by atoms with Gasteiger partial charge >= 0.3 is 0 Å². The number of aryl methyl sites for hydroxylation is 1. The van der Waals surface area contributed by atoms with Crippen molar-refractivity contribution in [3.8, 4) is 40.1 Å². The maximum atomic E-state index is 13.6. The number of ether oxygens (including phenoxy) is 4. The molecule has 2 heterocycles. The van der Waals surface area contributed by atoms with Gasteiger partial charge in [0.05, 0.1) is 50.7 Å². The number of methoxy groups -OCH3 is 4. The Morgan fingerprint density at radius 2 is 1.62 bits per heavy atom. The van der Waals surface area contributed by atoms with E-state index in [0.717, 1.165) is 5.69 Å². The lowest BCUT2D eigenvalue weighted by atomic mass is 10.2. The van der Waals surface area contributed by atoms with Crippen LogP contribution >= 0.6 is 11.8 Å². The molecule has 0 aliphatic carbocycles. The maximum Gasteiger partial charge on any atom is 0.266 e.